The molecule has 6 heteroatoms. The second-order valence-corrected chi connectivity index (χ2v) is 7.91. The highest BCUT2D eigenvalue weighted by Crippen LogP contribution is 2.33. The van der Waals surface area contributed by atoms with E-state index in [0.29, 0.717) is 32.8 Å². The predicted octanol–water partition coefficient (Wildman–Crippen LogP) is 3.01. The number of amides is 1. The Balaban J connectivity index is 1.54. The Hall–Kier alpha value is -2.96. The summed E-state index contributed by atoms with van der Waals surface area (Å²) in [6.07, 6.45) is 6.44. The van der Waals surface area contributed by atoms with E-state index in [2.05, 4.69) is 56.9 Å². The van der Waals surface area contributed by atoms with Gasteiger partial charge in [0.15, 0.2) is 0 Å². The third-order valence-corrected chi connectivity index (χ3v) is 6.02. The summed E-state index contributed by atoms with van der Waals surface area (Å²) in [5.41, 5.74) is 3.29. The van der Waals surface area contributed by atoms with Crippen LogP contribution in [0.5, 0.6) is 0 Å². The number of carbonyl (C=O) groups excluding carboxylic acids is 1. The molecule has 30 heavy (non-hydrogen) atoms. The molecule has 1 saturated heterocycles. The lowest BCUT2D eigenvalue weighted by Gasteiger charge is -2.34. The largest absolute Gasteiger partial charge is 0.378 e. The fourth-order valence-electron chi connectivity index (χ4n) is 4.48. The second-order valence-electron chi connectivity index (χ2n) is 7.91. The Labute approximate surface area is 176 Å². The van der Waals surface area contributed by atoms with Crippen molar-refractivity contribution in [2.24, 2.45) is 0 Å². The molecular formula is C24H26N4O2. The molecule has 5 rings (SSSR count). The summed E-state index contributed by atoms with van der Waals surface area (Å²) in [5.74, 6) is 0.150. The van der Waals surface area contributed by atoms with Gasteiger partial charge in [0, 0.05) is 44.1 Å². The van der Waals surface area contributed by atoms with E-state index in [4.69, 9.17) is 4.74 Å². The first kappa shape index (κ1) is 19.0. The summed E-state index contributed by atoms with van der Waals surface area (Å²) in [6.45, 7) is 4.84. The number of imidazole rings is 1. The van der Waals surface area contributed by atoms with Gasteiger partial charge in [0.25, 0.3) is 5.91 Å². The van der Waals surface area contributed by atoms with Crippen LogP contribution in [0.25, 0.3) is 16.3 Å². The third-order valence-electron chi connectivity index (χ3n) is 6.02. The Morgan fingerprint density at radius 1 is 1.03 bits per heavy atom. The van der Waals surface area contributed by atoms with E-state index in [1.54, 1.807) is 6.20 Å². The number of hydrogen-bond acceptors (Lipinski definition) is 4. The number of aromatic nitrogens is 2. The first-order valence-electron chi connectivity index (χ1n) is 10.5. The zero-order valence-corrected chi connectivity index (χ0v) is 17.0. The van der Waals surface area contributed by atoms with Crippen LogP contribution in [-0.4, -0.2) is 64.7 Å². The van der Waals surface area contributed by atoms with E-state index in [0.717, 1.165) is 25.2 Å². The van der Waals surface area contributed by atoms with Gasteiger partial charge in [0.1, 0.15) is 0 Å². The summed E-state index contributed by atoms with van der Waals surface area (Å²) in [6, 6.07) is 14.8. The molecule has 0 unspecified atom stereocenters. The Kier molecular flexibility index (Phi) is 5.34. The van der Waals surface area contributed by atoms with E-state index in [-0.39, 0.29) is 5.91 Å². The Bertz CT molecular complexity index is 1060. The standard InChI is InChI=1S/C24H26N4O2/c29-24(28-12-14-30-15-13-28)23-16-26(18-27-11-9-25-17-27)10-8-22(23)21-7-3-5-19-4-1-2-6-20(19)21/h1-7,9,11,17H,8,10,12-16,18H2. The zero-order chi connectivity index (χ0) is 20.3. The Morgan fingerprint density at radius 2 is 1.87 bits per heavy atom. The molecule has 1 fully saturated rings. The summed E-state index contributed by atoms with van der Waals surface area (Å²) in [7, 11) is 0. The van der Waals surface area contributed by atoms with Crippen LogP contribution in [-0.2, 0) is 16.2 Å². The molecule has 1 aromatic heterocycles. The molecule has 2 aliphatic heterocycles. The highest BCUT2D eigenvalue weighted by Gasteiger charge is 2.29. The lowest BCUT2D eigenvalue weighted by Crippen LogP contribution is -2.45. The molecule has 0 aliphatic carbocycles. The van der Waals surface area contributed by atoms with Crippen molar-refractivity contribution in [2.75, 3.05) is 39.4 Å². The molecule has 0 spiro atoms. The number of ether oxygens (including phenoxy) is 1. The topological polar surface area (TPSA) is 50.6 Å². The Morgan fingerprint density at radius 3 is 2.70 bits per heavy atom. The monoisotopic (exact) mass is 402 g/mol. The average Bonchev–Trinajstić information content (AvgIpc) is 3.32. The van der Waals surface area contributed by atoms with E-state index in [1.165, 1.54) is 21.9 Å². The molecular weight excluding hydrogens is 376 g/mol. The lowest BCUT2D eigenvalue weighted by molar-refractivity contribution is -0.131. The lowest BCUT2D eigenvalue weighted by atomic mass is 9.89. The molecule has 3 heterocycles. The van der Waals surface area contributed by atoms with Crippen LogP contribution in [0, 0.1) is 0 Å². The van der Waals surface area contributed by atoms with Crippen molar-refractivity contribution in [2.45, 2.75) is 13.1 Å². The van der Waals surface area contributed by atoms with Gasteiger partial charge in [-0.15, -0.1) is 0 Å². The van der Waals surface area contributed by atoms with Crippen molar-refractivity contribution in [1.82, 2.24) is 19.4 Å². The van der Waals surface area contributed by atoms with Gasteiger partial charge in [-0.3, -0.25) is 9.69 Å². The fourth-order valence-corrected chi connectivity index (χ4v) is 4.48. The maximum Gasteiger partial charge on any atom is 0.251 e. The van der Waals surface area contributed by atoms with Gasteiger partial charge in [0.05, 0.1) is 26.2 Å². The molecule has 6 nitrogen and oxygen atoms in total. The fraction of sp³-hybridized carbons (Fsp3) is 0.333. The molecule has 154 valence electrons. The first-order chi connectivity index (χ1) is 14.8. The SMILES string of the molecule is O=C(C1=C(c2cccc3ccccc23)CCN(Cn2ccnc2)C1)N1CCOCC1. The molecule has 1 amide bonds. The number of fused-ring (bicyclic) bond motifs is 1. The first-order valence-corrected chi connectivity index (χ1v) is 10.5. The minimum absolute atomic E-state index is 0.150. The summed E-state index contributed by atoms with van der Waals surface area (Å²) in [5, 5.41) is 2.42. The molecule has 2 aliphatic rings. The van der Waals surface area contributed by atoms with Gasteiger partial charge in [0.2, 0.25) is 0 Å². The highest BCUT2D eigenvalue weighted by molar-refractivity contribution is 6.05. The van der Waals surface area contributed by atoms with Gasteiger partial charge >= 0.3 is 0 Å². The number of nitrogens with zero attached hydrogens (tertiary/aromatic N) is 4. The maximum atomic E-state index is 13.6. The van der Waals surface area contributed by atoms with Crippen molar-refractivity contribution in [3.8, 4) is 0 Å². The molecule has 0 saturated carbocycles. The van der Waals surface area contributed by atoms with E-state index in [1.807, 2.05) is 17.4 Å². The van der Waals surface area contributed by atoms with Gasteiger partial charge in [-0.1, -0.05) is 42.5 Å². The van der Waals surface area contributed by atoms with Gasteiger partial charge in [-0.05, 0) is 28.3 Å². The van der Waals surface area contributed by atoms with Crippen molar-refractivity contribution in [3.05, 3.63) is 72.3 Å². The van der Waals surface area contributed by atoms with Crippen molar-refractivity contribution >= 4 is 22.3 Å². The molecule has 2 aromatic carbocycles. The number of benzene rings is 2. The van der Waals surface area contributed by atoms with Gasteiger partial charge in [-0.2, -0.15) is 0 Å². The molecule has 0 bridgehead atoms. The minimum atomic E-state index is 0.150. The van der Waals surface area contributed by atoms with Crippen LogP contribution in [0.2, 0.25) is 0 Å². The quantitative estimate of drug-likeness (QED) is 0.673. The summed E-state index contributed by atoms with van der Waals surface area (Å²) in [4.78, 5) is 22.0. The molecule has 3 aromatic rings. The van der Waals surface area contributed by atoms with E-state index < -0.39 is 0 Å². The van der Waals surface area contributed by atoms with E-state index in [9.17, 15) is 4.79 Å². The zero-order valence-electron chi connectivity index (χ0n) is 17.0. The second kappa shape index (κ2) is 8.42. The smallest absolute Gasteiger partial charge is 0.251 e. The van der Waals surface area contributed by atoms with Crippen LogP contribution in [0.4, 0.5) is 0 Å². The normalized spacial score (nSPS) is 18.2. The number of rotatable bonds is 4. The van der Waals surface area contributed by atoms with Crippen LogP contribution in [0.3, 0.4) is 0 Å². The van der Waals surface area contributed by atoms with Gasteiger partial charge in [-0.25, -0.2) is 4.98 Å². The highest BCUT2D eigenvalue weighted by atomic mass is 16.5. The number of morpholine rings is 1. The van der Waals surface area contributed by atoms with Crippen molar-refractivity contribution in [1.29, 1.82) is 0 Å². The average molecular weight is 402 g/mol. The maximum absolute atomic E-state index is 13.6. The van der Waals surface area contributed by atoms with E-state index >= 15 is 0 Å². The van der Waals surface area contributed by atoms with Crippen LogP contribution >= 0.6 is 0 Å². The van der Waals surface area contributed by atoms with Crippen LogP contribution in [0.1, 0.15) is 12.0 Å². The van der Waals surface area contributed by atoms with Crippen LogP contribution in [0.15, 0.2) is 66.8 Å². The van der Waals surface area contributed by atoms with Gasteiger partial charge < -0.3 is 14.2 Å². The van der Waals surface area contributed by atoms with Crippen LogP contribution < -0.4 is 0 Å². The van der Waals surface area contributed by atoms with Crippen molar-refractivity contribution in [3.63, 3.8) is 0 Å². The number of carbonyl (C=O) groups is 1. The molecule has 0 N–H and O–H groups in total. The molecule has 0 atom stereocenters. The summed E-state index contributed by atoms with van der Waals surface area (Å²) >= 11 is 0. The third kappa shape index (κ3) is 3.76. The minimum Gasteiger partial charge on any atom is -0.378 e. The van der Waals surface area contributed by atoms with Crippen molar-refractivity contribution < 1.29 is 9.53 Å². The molecule has 0 radical (unpaired) electrons. The summed E-state index contributed by atoms with van der Waals surface area (Å²) < 4.78 is 7.52. The predicted molar refractivity (Wildman–Crippen MR) is 117 cm³/mol. The number of hydrogen-bond donors (Lipinski definition) is 0.